The van der Waals surface area contributed by atoms with Crippen LogP contribution in [0.25, 0.3) is 0 Å². The predicted octanol–water partition coefficient (Wildman–Crippen LogP) is 3.27. The lowest BCUT2D eigenvalue weighted by Crippen LogP contribution is -2.27. The van der Waals surface area contributed by atoms with Gasteiger partial charge in [0.05, 0.1) is 31.4 Å². The molecule has 1 unspecified atom stereocenters. The average Bonchev–Trinajstić information content (AvgIpc) is 2.84. The van der Waals surface area contributed by atoms with Gasteiger partial charge in [0.1, 0.15) is 29.6 Å². The monoisotopic (exact) mass is 480 g/mol. The lowest BCUT2D eigenvalue weighted by molar-refractivity contribution is -0.140. The molecule has 0 aliphatic carbocycles. The van der Waals surface area contributed by atoms with Crippen molar-refractivity contribution in [2.24, 2.45) is 5.73 Å². The van der Waals surface area contributed by atoms with E-state index in [2.05, 4.69) is 15.4 Å². The van der Waals surface area contributed by atoms with Crippen molar-refractivity contribution in [3.05, 3.63) is 82.7 Å². The third kappa shape index (κ3) is 5.56. The van der Waals surface area contributed by atoms with E-state index in [0.717, 1.165) is 7.11 Å². The van der Waals surface area contributed by atoms with Gasteiger partial charge in [-0.05, 0) is 29.8 Å². The van der Waals surface area contributed by atoms with E-state index < -0.39 is 36.1 Å². The molecule has 0 spiro atoms. The van der Waals surface area contributed by atoms with E-state index in [1.54, 1.807) is 24.3 Å². The minimum Gasteiger partial charge on any atom is -0.469 e. The molecule has 0 radical (unpaired) electrons. The summed E-state index contributed by atoms with van der Waals surface area (Å²) in [6.45, 7) is 0. The van der Waals surface area contributed by atoms with Gasteiger partial charge in [0, 0.05) is 5.69 Å². The van der Waals surface area contributed by atoms with Crippen LogP contribution in [0.2, 0.25) is 0 Å². The Labute approximate surface area is 199 Å². The van der Waals surface area contributed by atoms with Crippen LogP contribution in [0.4, 0.5) is 20.6 Å². The van der Waals surface area contributed by atoms with Crippen LogP contribution < -0.4 is 16.4 Å². The summed E-state index contributed by atoms with van der Waals surface area (Å²) in [6.07, 6.45) is -0.431. The van der Waals surface area contributed by atoms with E-state index in [1.807, 2.05) is 6.07 Å². The molecule has 1 heterocycles. The Morgan fingerprint density at radius 2 is 1.86 bits per heavy atom. The normalized spacial score (nSPS) is 15.0. The third-order valence-corrected chi connectivity index (χ3v) is 5.03. The third-order valence-electron chi connectivity index (χ3n) is 5.03. The molecule has 4 N–H and O–H groups in total. The molecule has 0 fully saturated rings. The Bertz CT molecular complexity index is 1280. The summed E-state index contributed by atoms with van der Waals surface area (Å²) in [5, 5.41) is 14.7. The first-order valence-electron chi connectivity index (χ1n) is 10.2. The SMILES string of the molecule is COC(=O)CC1=C(C(=O)OC)C(c2cccc(NC(=O)Nc3ccccc3F)c2)C(C#N)=C(N)O1. The number of methoxy groups -OCH3 is 2. The molecule has 180 valence electrons. The molecule has 0 saturated heterocycles. The molecule has 1 aliphatic rings. The van der Waals surface area contributed by atoms with Crippen LogP contribution in [-0.2, 0) is 23.8 Å². The number of urea groups is 1. The number of amides is 2. The predicted molar refractivity (Wildman–Crippen MR) is 122 cm³/mol. The largest absolute Gasteiger partial charge is 0.469 e. The van der Waals surface area contributed by atoms with Gasteiger partial charge in [-0.2, -0.15) is 5.26 Å². The van der Waals surface area contributed by atoms with Crippen LogP contribution in [0.5, 0.6) is 0 Å². The Hall–Kier alpha value is -4.85. The van der Waals surface area contributed by atoms with Gasteiger partial charge in [-0.15, -0.1) is 0 Å². The Kier molecular flexibility index (Phi) is 7.68. The summed E-state index contributed by atoms with van der Waals surface area (Å²) in [5.41, 5.74) is 6.36. The topological polar surface area (TPSA) is 153 Å². The number of hydrogen-bond donors (Lipinski definition) is 3. The fourth-order valence-corrected chi connectivity index (χ4v) is 3.46. The quantitative estimate of drug-likeness (QED) is 0.533. The number of hydrogen-bond acceptors (Lipinski definition) is 8. The number of nitrogens with two attached hydrogens (primary N) is 1. The number of allylic oxidation sites excluding steroid dienone is 1. The number of halogens is 1. The first-order valence-corrected chi connectivity index (χ1v) is 10.2. The first kappa shape index (κ1) is 24.8. The molecule has 10 nitrogen and oxygen atoms in total. The highest BCUT2D eigenvalue weighted by molar-refractivity contribution is 6.00. The summed E-state index contributed by atoms with van der Waals surface area (Å²) in [7, 11) is 2.31. The molecular weight excluding hydrogens is 459 g/mol. The fraction of sp³-hybridized carbons (Fsp3) is 0.167. The molecule has 11 heteroatoms. The zero-order valence-corrected chi connectivity index (χ0v) is 18.8. The molecule has 3 rings (SSSR count). The molecule has 2 aromatic carbocycles. The summed E-state index contributed by atoms with van der Waals surface area (Å²) >= 11 is 0. The average molecular weight is 480 g/mol. The van der Waals surface area contributed by atoms with E-state index >= 15 is 0 Å². The minimum absolute atomic E-state index is 0.0172. The zero-order chi connectivity index (χ0) is 25.5. The second kappa shape index (κ2) is 10.8. The highest BCUT2D eigenvalue weighted by Gasteiger charge is 2.38. The van der Waals surface area contributed by atoms with Crippen molar-refractivity contribution in [1.29, 1.82) is 5.26 Å². The number of anilines is 2. The Balaban J connectivity index is 1.99. The van der Waals surface area contributed by atoms with Gasteiger partial charge >= 0.3 is 18.0 Å². The first-order chi connectivity index (χ1) is 16.8. The smallest absolute Gasteiger partial charge is 0.338 e. The molecule has 0 aromatic heterocycles. The summed E-state index contributed by atoms with van der Waals surface area (Å²) < 4.78 is 28.8. The van der Waals surface area contributed by atoms with Crippen molar-refractivity contribution in [2.45, 2.75) is 12.3 Å². The number of esters is 2. The lowest BCUT2D eigenvalue weighted by Gasteiger charge is -2.27. The van der Waals surface area contributed by atoms with E-state index in [4.69, 9.17) is 15.2 Å². The maximum absolute atomic E-state index is 13.8. The van der Waals surface area contributed by atoms with E-state index in [-0.39, 0.29) is 34.2 Å². The highest BCUT2D eigenvalue weighted by atomic mass is 19.1. The van der Waals surface area contributed by atoms with Gasteiger partial charge in [0.25, 0.3) is 0 Å². The number of para-hydroxylation sites is 1. The molecule has 2 amide bonds. The van der Waals surface area contributed by atoms with Crippen molar-refractivity contribution in [3.63, 3.8) is 0 Å². The van der Waals surface area contributed by atoms with E-state index in [0.29, 0.717) is 5.56 Å². The Morgan fingerprint density at radius 3 is 2.51 bits per heavy atom. The lowest BCUT2D eigenvalue weighted by atomic mass is 9.82. The number of nitrogens with zero attached hydrogens (tertiary/aromatic N) is 1. The number of nitriles is 1. The molecular formula is C24H21FN4O6. The Morgan fingerprint density at radius 1 is 1.11 bits per heavy atom. The highest BCUT2D eigenvalue weighted by Crippen LogP contribution is 2.41. The zero-order valence-electron chi connectivity index (χ0n) is 18.8. The van der Waals surface area contributed by atoms with Crippen LogP contribution in [-0.4, -0.2) is 32.2 Å². The van der Waals surface area contributed by atoms with Gasteiger partial charge in [0.15, 0.2) is 0 Å². The minimum atomic E-state index is -1.06. The van der Waals surface area contributed by atoms with Crippen molar-refractivity contribution < 1.29 is 33.0 Å². The number of nitrogens with one attached hydrogen (secondary N) is 2. The van der Waals surface area contributed by atoms with Crippen molar-refractivity contribution >= 4 is 29.3 Å². The summed E-state index contributed by atoms with van der Waals surface area (Å²) in [6, 6.07) is 13.1. The van der Waals surface area contributed by atoms with Gasteiger partial charge < -0.3 is 30.6 Å². The van der Waals surface area contributed by atoms with Crippen LogP contribution in [0.3, 0.4) is 0 Å². The molecule has 35 heavy (non-hydrogen) atoms. The van der Waals surface area contributed by atoms with Gasteiger partial charge in [-0.3, -0.25) is 4.79 Å². The standard InChI is InChI=1S/C24H21FN4O6/c1-33-19(30)11-18-21(23(31)34-2)20(15(12-26)22(27)35-18)13-6-5-7-14(10-13)28-24(32)29-17-9-4-3-8-16(17)25/h3-10,20H,11,27H2,1-2H3,(H2,28,29,32). The maximum Gasteiger partial charge on any atom is 0.338 e. The van der Waals surface area contributed by atoms with Gasteiger partial charge in [-0.25, -0.2) is 14.0 Å². The number of carbonyl (C=O) groups is 3. The van der Waals surface area contributed by atoms with Crippen molar-refractivity contribution in [3.8, 4) is 6.07 Å². The van der Waals surface area contributed by atoms with Crippen LogP contribution in [0.15, 0.2) is 71.3 Å². The van der Waals surface area contributed by atoms with Crippen LogP contribution in [0.1, 0.15) is 17.9 Å². The number of carbonyl (C=O) groups excluding carboxylic acids is 3. The van der Waals surface area contributed by atoms with Crippen LogP contribution in [0, 0.1) is 17.1 Å². The van der Waals surface area contributed by atoms with Crippen molar-refractivity contribution in [1.82, 2.24) is 0 Å². The van der Waals surface area contributed by atoms with Crippen molar-refractivity contribution in [2.75, 3.05) is 24.9 Å². The summed E-state index contributed by atoms with van der Waals surface area (Å²) in [5.74, 6) is -3.62. The van der Waals surface area contributed by atoms with Crippen LogP contribution >= 0.6 is 0 Å². The number of ether oxygens (including phenoxy) is 3. The van der Waals surface area contributed by atoms with Gasteiger partial charge in [0.2, 0.25) is 5.88 Å². The maximum atomic E-state index is 13.8. The second-order valence-electron chi connectivity index (χ2n) is 7.19. The fourth-order valence-electron chi connectivity index (χ4n) is 3.46. The van der Waals surface area contributed by atoms with E-state index in [1.165, 1.54) is 31.4 Å². The second-order valence-corrected chi connectivity index (χ2v) is 7.19. The van der Waals surface area contributed by atoms with E-state index in [9.17, 15) is 24.0 Å². The molecule has 0 bridgehead atoms. The molecule has 0 saturated carbocycles. The summed E-state index contributed by atoms with van der Waals surface area (Å²) in [4.78, 5) is 37.0. The molecule has 1 aliphatic heterocycles. The number of rotatable bonds is 6. The van der Waals surface area contributed by atoms with Gasteiger partial charge in [-0.1, -0.05) is 24.3 Å². The number of benzene rings is 2. The molecule has 2 aromatic rings. The molecule has 1 atom stereocenters.